The summed E-state index contributed by atoms with van der Waals surface area (Å²) in [5, 5.41) is 8.90. The van der Waals surface area contributed by atoms with Crippen LogP contribution in [0, 0.1) is 19.7 Å². The number of primary amides is 1. The van der Waals surface area contributed by atoms with Crippen LogP contribution in [0.5, 0.6) is 5.75 Å². The second kappa shape index (κ2) is 16.6. The van der Waals surface area contributed by atoms with Crippen LogP contribution in [-0.2, 0) is 46.9 Å². The minimum Gasteiger partial charge on any atom is -0.487 e. The second-order valence-electron chi connectivity index (χ2n) is 14.9. The van der Waals surface area contributed by atoms with Crippen molar-refractivity contribution in [3.8, 4) is 5.75 Å². The highest BCUT2D eigenvalue weighted by atomic mass is 19.1. The van der Waals surface area contributed by atoms with Gasteiger partial charge in [0.25, 0.3) is 11.8 Å². The molecule has 0 radical (unpaired) electrons. The van der Waals surface area contributed by atoms with Crippen LogP contribution in [0.15, 0.2) is 93.9 Å². The SMILES string of the molecule is CCn1nc(C)cc1C(=O)N=c1n(C)c2cc(C(N)=O)ccc2n1C/C(C)=C(\C)Cn1c(=NC(=O)c2cc(C)nn2CC)n(C)c2cccc(OCc3cccc(F)c3)c21. The smallest absolute Gasteiger partial charge is 0.298 e. The van der Waals surface area contributed by atoms with Crippen LogP contribution in [0.3, 0.4) is 0 Å². The van der Waals surface area contributed by atoms with Crippen LogP contribution in [0.1, 0.15) is 76.0 Å². The lowest BCUT2D eigenvalue weighted by Gasteiger charge is -2.14. The zero-order valence-electron chi connectivity index (χ0n) is 35.0. The number of para-hydroxylation sites is 1. The molecule has 0 aliphatic carbocycles. The predicted molar refractivity (Wildman–Crippen MR) is 225 cm³/mol. The average molecular weight is 814 g/mol. The predicted octanol–water partition coefficient (Wildman–Crippen LogP) is 5.66. The highest BCUT2D eigenvalue weighted by Gasteiger charge is 2.21. The number of carbonyl (C=O) groups excluding carboxylic acids is 3. The summed E-state index contributed by atoms with van der Waals surface area (Å²) in [7, 11) is 3.64. The number of aryl methyl sites for hydroxylation is 6. The summed E-state index contributed by atoms with van der Waals surface area (Å²) < 4.78 is 31.3. The van der Waals surface area contributed by atoms with Gasteiger partial charge in [0, 0.05) is 45.8 Å². The molecular formula is C44H48FN11O4. The fourth-order valence-corrected chi connectivity index (χ4v) is 7.45. The molecule has 7 rings (SSSR count). The topological polar surface area (TPSA) is 167 Å². The number of benzene rings is 3. The summed E-state index contributed by atoms with van der Waals surface area (Å²) in [6.45, 7) is 13.2. The van der Waals surface area contributed by atoms with E-state index in [9.17, 15) is 18.8 Å². The number of amides is 3. The molecule has 7 aromatic rings. The fraction of sp³-hybridized carbons (Fsp3) is 0.295. The number of ether oxygens (including phenoxy) is 1. The van der Waals surface area contributed by atoms with Crippen LogP contribution in [0.2, 0.25) is 0 Å². The van der Waals surface area contributed by atoms with Gasteiger partial charge < -0.3 is 28.7 Å². The van der Waals surface area contributed by atoms with Gasteiger partial charge in [0.15, 0.2) is 0 Å². The molecule has 15 nitrogen and oxygen atoms in total. The monoisotopic (exact) mass is 813 g/mol. The van der Waals surface area contributed by atoms with Crippen molar-refractivity contribution in [1.29, 1.82) is 0 Å². The molecule has 0 saturated carbocycles. The van der Waals surface area contributed by atoms with E-state index in [0.717, 1.165) is 22.2 Å². The number of aromatic nitrogens is 8. The molecule has 0 aliphatic rings. The summed E-state index contributed by atoms with van der Waals surface area (Å²) in [6.07, 6.45) is 0. The summed E-state index contributed by atoms with van der Waals surface area (Å²) in [6, 6.07) is 20.5. The maximum atomic E-state index is 14.1. The first kappa shape index (κ1) is 41.1. The number of hydrogen-bond acceptors (Lipinski definition) is 6. The van der Waals surface area contributed by atoms with Gasteiger partial charge in [-0.2, -0.15) is 20.2 Å². The van der Waals surface area contributed by atoms with Crippen LogP contribution < -0.4 is 21.7 Å². The number of halogens is 1. The van der Waals surface area contributed by atoms with Gasteiger partial charge in [-0.3, -0.25) is 23.7 Å². The number of allylic oxidation sites excluding steroid dienone is 2. The standard InChI is InChI=1S/C44H48FN11O4/c1-9-55-36(19-28(5)49-55)41(58)47-43-52(8)35-22-31(40(46)57)17-18-33(35)53(43)23-26(3)27(4)24-54-39-34(15-12-16-38(39)60-25-30-13-11-14-32(45)21-30)51(7)44(54)48-42(59)37-20-29(6)50-56(37)10-2/h11-22H,9-10,23-25H2,1-8H3,(H2,46,57)/b27-26+,47-43?,48-44?. The maximum Gasteiger partial charge on any atom is 0.298 e. The molecule has 4 aromatic heterocycles. The van der Waals surface area contributed by atoms with Crippen LogP contribution in [0.4, 0.5) is 4.39 Å². The summed E-state index contributed by atoms with van der Waals surface area (Å²) in [5.74, 6) is -1.32. The molecular weight excluding hydrogens is 766 g/mol. The number of fused-ring (bicyclic) bond motifs is 2. The Morgan fingerprint density at radius 3 is 1.87 bits per heavy atom. The Balaban J connectivity index is 1.37. The lowest BCUT2D eigenvalue weighted by atomic mass is 10.1. The van der Waals surface area contributed by atoms with E-state index in [0.29, 0.717) is 88.1 Å². The van der Waals surface area contributed by atoms with Crippen molar-refractivity contribution in [2.75, 3.05) is 0 Å². The molecule has 0 unspecified atom stereocenters. The third-order valence-electron chi connectivity index (χ3n) is 10.7. The minimum absolute atomic E-state index is 0.110. The lowest BCUT2D eigenvalue weighted by molar-refractivity contribution is 0.0977. The largest absolute Gasteiger partial charge is 0.487 e. The Morgan fingerprint density at radius 1 is 0.717 bits per heavy atom. The first-order valence-corrected chi connectivity index (χ1v) is 19.7. The van der Waals surface area contributed by atoms with Crippen LogP contribution in [0.25, 0.3) is 22.1 Å². The van der Waals surface area contributed by atoms with Crippen molar-refractivity contribution in [2.45, 2.75) is 74.3 Å². The second-order valence-corrected chi connectivity index (χ2v) is 14.9. The van der Waals surface area contributed by atoms with Gasteiger partial charge in [0.2, 0.25) is 17.1 Å². The molecule has 16 heteroatoms. The van der Waals surface area contributed by atoms with Gasteiger partial charge in [-0.15, -0.1) is 0 Å². The zero-order valence-corrected chi connectivity index (χ0v) is 35.0. The normalized spacial score (nSPS) is 12.8. The first-order chi connectivity index (χ1) is 28.7. The third-order valence-corrected chi connectivity index (χ3v) is 10.7. The average Bonchev–Trinajstić information content (AvgIpc) is 3.95. The molecule has 3 amide bonds. The Bertz CT molecular complexity index is 3020. The number of nitrogens with two attached hydrogens (primary N) is 1. The Kier molecular flexibility index (Phi) is 11.4. The zero-order chi connectivity index (χ0) is 43.0. The molecule has 4 heterocycles. The molecule has 0 spiro atoms. The van der Waals surface area contributed by atoms with E-state index in [4.69, 9.17) is 15.5 Å². The number of hydrogen-bond donors (Lipinski definition) is 1. The van der Waals surface area contributed by atoms with E-state index in [1.165, 1.54) is 12.1 Å². The van der Waals surface area contributed by atoms with Gasteiger partial charge in [0.1, 0.15) is 35.1 Å². The summed E-state index contributed by atoms with van der Waals surface area (Å²) >= 11 is 0. The molecule has 0 fully saturated rings. The number of rotatable bonds is 12. The maximum absolute atomic E-state index is 14.1. The van der Waals surface area contributed by atoms with Gasteiger partial charge in [-0.05, 0) is 102 Å². The molecule has 3 aromatic carbocycles. The van der Waals surface area contributed by atoms with E-state index < -0.39 is 17.7 Å². The van der Waals surface area contributed by atoms with Crippen molar-refractivity contribution < 1.29 is 23.5 Å². The van der Waals surface area contributed by atoms with Gasteiger partial charge in [0.05, 0.1) is 27.9 Å². The molecule has 0 atom stereocenters. The van der Waals surface area contributed by atoms with Gasteiger partial charge in [-0.1, -0.05) is 29.3 Å². The van der Waals surface area contributed by atoms with Crippen LogP contribution in [-0.4, -0.2) is 55.6 Å². The summed E-state index contributed by atoms with van der Waals surface area (Å²) in [5.41, 5.74) is 14.2. The third kappa shape index (κ3) is 7.87. The van der Waals surface area contributed by atoms with E-state index in [-0.39, 0.29) is 12.4 Å². The number of nitrogens with zero attached hydrogens (tertiary/aromatic N) is 10. The molecule has 0 saturated heterocycles. The van der Waals surface area contributed by atoms with Crippen LogP contribution >= 0.6 is 0 Å². The minimum atomic E-state index is -0.575. The van der Waals surface area contributed by atoms with E-state index in [1.807, 2.05) is 80.5 Å². The highest BCUT2D eigenvalue weighted by Crippen LogP contribution is 2.27. The van der Waals surface area contributed by atoms with Crippen molar-refractivity contribution in [3.05, 3.63) is 135 Å². The molecule has 2 N–H and O–H groups in total. The molecule has 0 aliphatic heterocycles. The fourth-order valence-electron chi connectivity index (χ4n) is 7.45. The Morgan fingerprint density at radius 2 is 1.28 bits per heavy atom. The molecule has 0 bridgehead atoms. The quantitative estimate of drug-likeness (QED) is 0.156. The summed E-state index contributed by atoms with van der Waals surface area (Å²) in [4.78, 5) is 49.3. The van der Waals surface area contributed by atoms with Gasteiger partial charge >= 0.3 is 0 Å². The lowest BCUT2D eigenvalue weighted by Crippen LogP contribution is -2.28. The van der Waals surface area contributed by atoms with Crippen molar-refractivity contribution in [3.63, 3.8) is 0 Å². The Hall–Kier alpha value is -7.10. The molecule has 60 heavy (non-hydrogen) atoms. The van der Waals surface area contributed by atoms with Crippen molar-refractivity contribution >= 4 is 39.8 Å². The number of imidazole rings is 2. The van der Waals surface area contributed by atoms with Crippen molar-refractivity contribution in [2.24, 2.45) is 29.8 Å². The van der Waals surface area contributed by atoms with E-state index in [2.05, 4.69) is 15.2 Å². The van der Waals surface area contributed by atoms with E-state index in [1.54, 1.807) is 63.4 Å². The Labute approximate surface area is 345 Å². The van der Waals surface area contributed by atoms with Gasteiger partial charge in [-0.25, -0.2) is 4.39 Å². The molecule has 310 valence electrons. The number of carbonyl (C=O) groups is 3. The highest BCUT2D eigenvalue weighted by molar-refractivity contribution is 5.97. The van der Waals surface area contributed by atoms with Crippen molar-refractivity contribution in [1.82, 2.24) is 37.8 Å². The van der Waals surface area contributed by atoms with E-state index >= 15 is 0 Å². The first-order valence-electron chi connectivity index (χ1n) is 19.7.